The van der Waals surface area contributed by atoms with E-state index in [1.165, 1.54) is 0 Å². The summed E-state index contributed by atoms with van der Waals surface area (Å²) in [5, 5.41) is 11.2. The predicted molar refractivity (Wildman–Crippen MR) is 58.2 cm³/mol. The first kappa shape index (κ1) is 14.8. The molecule has 0 aromatic heterocycles. The molecule has 0 spiro atoms. The smallest absolute Gasteiger partial charge is 0.275 e. The molecule has 0 aliphatic rings. The predicted octanol–water partition coefficient (Wildman–Crippen LogP) is 1.68. The lowest BCUT2D eigenvalue weighted by Gasteiger charge is -2.31. The normalized spacial score (nSPS) is 15.7. The standard InChI is InChI=1S/C9H19N2O3P/c1-7(2)5-9(6-10,8(3)4)14-11-15(12)13/h7-8,11-13H,5H2,1-4H3. The van der Waals surface area contributed by atoms with Crippen molar-refractivity contribution in [3.8, 4) is 6.07 Å². The van der Waals surface area contributed by atoms with Crippen LogP contribution < -0.4 is 5.25 Å². The van der Waals surface area contributed by atoms with Gasteiger partial charge in [-0.1, -0.05) is 27.7 Å². The lowest BCUT2D eigenvalue weighted by Crippen LogP contribution is -2.41. The van der Waals surface area contributed by atoms with E-state index in [1.54, 1.807) is 0 Å². The molecule has 0 saturated carbocycles. The summed E-state index contributed by atoms with van der Waals surface area (Å²) in [4.78, 5) is 22.5. The fourth-order valence-electron chi connectivity index (χ4n) is 1.32. The molecule has 0 aliphatic heterocycles. The molecular weight excluding hydrogens is 215 g/mol. The first-order valence-corrected chi connectivity index (χ1v) is 6.11. The Bertz CT molecular complexity index is 228. The lowest BCUT2D eigenvalue weighted by molar-refractivity contribution is -0.0804. The highest BCUT2D eigenvalue weighted by Gasteiger charge is 2.37. The molecule has 0 bridgehead atoms. The van der Waals surface area contributed by atoms with Gasteiger partial charge in [0.1, 0.15) is 6.07 Å². The Hall–Kier alpha value is -0.240. The maximum Gasteiger partial charge on any atom is 0.275 e. The monoisotopic (exact) mass is 234 g/mol. The second kappa shape index (κ2) is 6.37. The summed E-state index contributed by atoms with van der Waals surface area (Å²) in [6.45, 7) is 7.70. The second-order valence-corrected chi connectivity index (χ2v) is 5.00. The fourth-order valence-corrected chi connectivity index (χ4v) is 1.57. The van der Waals surface area contributed by atoms with Gasteiger partial charge in [-0.05, 0) is 18.3 Å². The van der Waals surface area contributed by atoms with Crippen LogP contribution in [0, 0.1) is 23.2 Å². The van der Waals surface area contributed by atoms with Crippen LogP contribution in [-0.4, -0.2) is 15.4 Å². The molecule has 6 heteroatoms. The van der Waals surface area contributed by atoms with E-state index in [1.807, 2.05) is 27.7 Å². The summed E-state index contributed by atoms with van der Waals surface area (Å²) in [6.07, 6.45) is 0.539. The highest BCUT2D eigenvalue weighted by molar-refractivity contribution is 7.42. The molecule has 0 amide bonds. The van der Waals surface area contributed by atoms with Gasteiger partial charge in [0.15, 0.2) is 5.60 Å². The van der Waals surface area contributed by atoms with Gasteiger partial charge in [0.2, 0.25) is 0 Å². The number of nitriles is 1. The van der Waals surface area contributed by atoms with Crippen molar-refractivity contribution < 1.29 is 14.6 Å². The van der Waals surface area contributed by atoms with Crippen molar-refractivity contribution in [1.29, 1.82) is 5.26 Å². The average Bonchev–Trinajstić information content (AvgIpc) is 2.11. The summed E-state index contributed by atoms with van der Waals surface area (Å²) in [5.74, 6) is 0.254. The quantitative estimate of drug-likeness (QED) is 0.481. The van der Waals surface area contributed by atoms with Crippen molar-refractivity contribution in [3.63, 3.8) is 0 Å². The summed E-state index contributed by atoms with van der Waals surface area (Å²) in [5.41, 5.74) is -1.01. The Morgan fingerprint density at radius 2 is 1.93 bits per heavy atom. The van der Waals surface area contributed by atoms with Crippen molar-refractivity contribution in [2.75, 3.05) is 0 Å². The lowest BCUT2D eigenvalue weighted by atomic mass is 9.84. The molecule has 0 saturated heterocycles. The molecule has 0 fully saturated rings. The van der Waals surface area contributed by atoms with Crippen molar-refractivity contribution in [2.24, 2.45) is 11.8 Å². The van der Waals surface area contributed by atoms with E-state index >= 15 is 0 Å². The molecule has 0 aromatic rings. The third kappa shape index (κ3) is 4.87. The van der Waals surface area contributed by atoms with E-state index in [0.29, 0.717) is 6.42 Å². The highest BCUT2D eigenvalue weighted by atomic mass is 31.2. The van der Waals surface area contributed by atoms with Crippen LogP contribution in [0.5, 0.6) is 0 Å². The van der Waals surface area contributed by atoms with Crippen molar-refractivity contribution >= 4 is 8.53 Å². The number of nitrogens with one attached hydrogen (secondary N) is 1. The van der Waals surface area contributed by atoms with Crippen LogP contribution in [0.2, 0.25) is 0 Å². The van der Waals surface area contributed by atoms with Gasteiger partial charge in [-0.15, -0.1) is 5.25 Å². The topological polar surface area (TPSA) is 85.5 Å². The maximum absolute atomic E-state index is 9.14. The average molecular weight is 234 g/mol. The molecule has 5 nitrogen and oxygen atoms in total. The Kier molecular flexibility index (Phi) is 6.26. The summed E-state index contributed by atoms with van der Waals surface area (Å²) in [7, 11) is -2.34. The van der Waals surface area contributed by atoms with Crippen molar-refractivity contribution in [1.82, 2.24) is 5.25 Å². The van der Waals surface area contributed by atoms with Crippen LogP contribution in [0.25, 0.3) is 0 Å². The molecule has 0 aliphatic carbocycles. The number of hydrogen-bond acceptors (Lipinski definition) is 5. The van der Waals surface area contributed by atoms with Crippen LogP contribution in [-0.2, 0) is 4.84 Å². The fraction of sp³-hybridized carbons (Fsp3) is 0.889. The van der Waals surface area contributed by atoms with Gasteiger partial charge in [-0.3, -0.25) is 4.84 Å². The maximum atomic E-state index is 9.14. The molecule has 88 valence electrons. The van der Waals surface area contributed by atoms with Gasteiger partial charge in [0, 0.05) is 0 Å². The van der Waals surface area contributed by atoms with Gasteiger partial charge in [0.05, 0.1) is 0 Å². The van der Waals surface area contributed by atoms with Crippen LogP contribution in [0.3, 0.4) is 0 Å². The zero-order valence-corrected chi connectivity index (χ0v) is 10.5. The van der Waals surface area contributed by atoms with Gasteiger partial charge in [-0.25, -0.2) is 0 Å². The van der Waals surface area contributed by atoms with Crippen LogP contribution >= 0.6 is 8.53 Å². The van der Waals surface area contributed by atoms with Crippen molar-refractivity contribution in [2.45, 2.75) is 39.7 Å². The minimum absolute atomic E-state index is 0.0349. The van der Waals surface area contributed by atoms with Crippen LogP contribution in [0.15, 0.2) is 0 Å². The first-order valence-electron chi connectivity index (χ1n) is 4.87. The van der Waals surface area contributed by atoms with Gasteiger partial charge in [0.25, 0.3) is 8.53 Å². The van der Waals surface area contributed by atoms with E-state index in [0.717, 1.165) is 0 Å². The van der Waals surface area contributed by atoms with E-state index in [2.05, 4.69) is 11.3 Å². The Morgan fingerprint density at radius 1 is 1.40 bits per heavy atom. The molecule has 0 rings (SSSR count). The molecule has 3 N–H and O–H groups in total. The van der Waals surface area contributed by atoms with E-state index in [4.69, 9.17) is 19.9 Å². The minimum Gasteiger partial charge on any atom is -0.337 e. The number of nitrogens with zero attached hydrogens (tertiary/aromatic N) is 1. The zero-order chi connectivity index (χ0) is 12.1. The Balaban J connectivity index is 4.60. The third-order valence-corrected chi connectivity index (χ3v) is 2.40. The molecule has 0 aromatic carbocycles. The zero-order valence-electron chi connectivity index (χ0n) is 9.56. The van der Waals surface area contributed by atoms with Gasteiger partial charge >= 0.3 is 0 Å². The van der Waals surface area contributed by atoms with Gasteiger partial charge < -0.3 is 9.79 Å². The van der Waals surface area contributed by atoms with E-state index in [9.17, 15) is 0 Å². The molecule has 0 radical (unpaired) electrons. The molecule has 15 heavy (non-hydrogen) atoms. The first-order chi connectivity index (χ1) is 6.84. The summed E-state index contributed by atoms with van der Waals surface area (Å²) < 4.78 is 0. The number of hydrogen-bond donors (Lipinski definition) is 3. The SMILES string of the molecule is CC(C)CC(C#N)(ONP(O)O)C(C)C. The summed E-state index contributed by atoms with van der Waals surface area (Å²) >= 11 is 0. The molecule has 1 atom stereocenters. The van der Waals surface area contributed by atoms with E-state index < -0.39 is 14.1 Å². The second-order valence-electron chi connectivity index (χ2n) is 4.24. The highest BCUT2D eigenvalue weighted by Crippen LogP contribution is 2.30. The third-order valence-electron chi connectivity index (χ3n) is 2.14. The van der Waals surface area contributed by atoms with Crippen LogP contribution in [0.4, 0.5) is 0 Å². The summed E-state index contributed by atoms with van der Waals surface area (Å²) in [6, 6.07) is 2.11. The minimum atomic E-state index is -2.34. The molecule has 0 heterocycles. The Labute approximate surface area is 92.0 Å². The van der Waals surface area contributed by atoms with Crippen LogP contribution in [0.1, 0.15) is 34.1 Å². The largest absolute Gasteiger partial charge is 0.337 e. The van der Waals surface area contributed by atoms with Crippen molar-refractivity contribution in [3.05, 3.63) is 0 Å². The van der Waals surface area contributed by atoms with E-state index in [-0.39, 0.29) is 11.8 Å². The number of rotatable bonds is 6. The van der Waals surface area contributed by atoms with Gasteiger partial charge in [-0.2, -0.15) is 5.26 Å². The molecular formula is C9H19N2O3P. The molecule has 1 unspecified atom stereocenters. The Morgan fingerprint density at radius 3 is 2.20 bits per heavy atom.